The molecule has 2 aromatic rings. The maximum atomic E-state index is 12.3. The molecule has 2 aromatic carbocycles. The monoisotopic (exact) mass is 443 g/mol. The number of halogens is 1. The average molecular weight is 444 g/mol. The van der Waals surface area contributed by atoms with Crippen LogP contribution in [0.25, 0.3) is 11.1 Å². The fourth-order valence-corrected chi connectivity index (χ4v) is 4.17. The van der Waals surface area contributed by atoms with E-state index >= 15 is 0 Å². The highest BCUT2D eigenvalue weighted by molar-refractivity contribution is 6.04. The third-order valence-corrected chi connectivity index (χ3v) is 5.75. The number of nitrogens with one attached hydrogen (secondary N) is 1. The molecule has 3 amide bonds. The van der Waals surface area contributed by atoms with Crippen LogP contribution in [0.3, 0.4) is 0 Å². The van der Waals surface area contributed by atoms with Crippen LogP contribution in [-0.4, -0.2) is 60.6 Å². The van der Waals surface area contributed by atoms with Gasteiger partial charge >= 0.3 is 6.03 Å². The number of hydrogen-bond donors (Lipinski definition) is 1. The Kier molecular flexibility index (Phi) is 8.32. The summed E-state index contributed by atoms with van der Waals surface area (Å²) in [5, 5.41) is 3.37. The third kappa shape index (κ3) is 5.57. The molecule has 1 atom stereocenters. The lowest BCUT2D eigenvalue weighted by Crippen LogP contribution is -2.34. The van der Waals surface area contributed by atoms with Crippen molar-refractivity contribution in [1.82, 2.24) is 15.1 Å². The number of unbranched alkanes of at least 4 members (excludes halogenated alkanes) is 1. The number of hydrogen-bond acceptors (Lipinski definition) is 4. The normalized spacial score (nSPS) is 17.6. The minimum Gasteiger partial charge on any atom is -0.492 e. The number of ether oxygens (including phenoxy) is 1. The topological polar surface area (TPSA) is 61.9 Å². The molecular formula is C24H30ClN3O3. The van der Waals surface area contributed by atoms with Crippen molar-refractivity contribution >= 4 is 24.3 Å². The summed E-state index contributed by atoms with van der Waals surface area (Å²) in [4.78, 5) is 27.7. The number of rotatable bonds is 10. The van der Waals surface area contributed by atoms with Crippen LogP contribution in [0, 0.1) is 0 Å². The molecule has 2 saturated heterocycles. The summed E-state index contributed by atoms with van der Waals surface area (Å²) in [6.45, 7) is 3.44. The molecule has 2 aliphatic heterocycles. The SMILES string of the molecule is Cl.O=C1C2CCCN2C(=O)N1CCCCNCCOc1cccc(-c2ccccc2)c1. The van der Waals surface area contributed by atoms with E-state index in [2.05, 4.69) is 29.6 Å². The van der Waals surface area contributed by atoms with Gasteiger partial charge in [0.1, 0.15) is 18.4 Å². The molecule has 6 nitrogen and oxygen atoms in total. The molecule has 0 radical (unpaired) electrons. The van der Waals surface area contributed by atoms with Gasteiger partial charge in [-0.05, 0) is 55.5 Å². The molecule has 0 bridgehead atoms. The summed E-state index contributed by atoms with van der Waals surface area (Å²) in [7, 11) is 0. The van der Waals surface area contributed by atoms with E-state index in [-0.39, 0.29) is 30.4 Å². The van der Waals surface area contributed by atoms with Gasteiger partial charge in [-0.15, -0.1) is 12.4 Å². The first-order valence-electron chi connectivity index (χ1n) is 10.8. The summed E-state index contributed by atoms with van der Waals surface area (Å²) in [6.07, 6.45) is 3.51. The molecular weight excluding hydrogens is 414 g/mol. The summed E-state index contributed by atoms with van der Waals surface area (Å²) in [5.41, 5.74) is 2.32. The van der Waals surface area contributed by atoms with Crippen LogP contribution >= 0.6 is 12.4 Å². The van der Waals surface area contributed by atoms with Gasteiger partial charge in [0, 0.05) is 19.6 Å². The molecule has 0 spiro atoms. The first kappa shape index (κ1) is 23.1. The lowest BCUT2D eigenvalue weighted by Gasteiger charge is -2.15. The van der Waals surface area contributed by atoms with Crippen LogP contribution in [0.15, 0.2) is 54.6 Å². The van der Waals surface area contributed by atoms with Crippen molar-refractivity contribution in [3.05, 3.63) is 54.6 Å². The Morgan fingerprint density at radius 1 is 0.968 bits per heavy atom. The van der Waals surface area contributed by atoms with Crippen molar-refractivity contribution in [3.8, 4) is 16.9 Å². The lowest BCUT2D eigenvalue weighted by molar-refractivity contribution is -0.128. The molecule has 2 heterocycles. The molecule has 2 fully saturated rings. The number of benzene rings is 2. The number of carbonyl (C=O) groups excluding carboxylic acids is 2. The molecule has 1 N–H and O–H groups in total. The molecule has 31 heavy (non-hydrogen) atoms. The van der Waals surface area contributed by atoms with E-state index in [1.165, 1.54) is 10.5 Å². The van der Waals surface area contributed by atoms with Crippen LogP contribution in [0.5, 0.6) is 5.75 Å². The number of imide groups is 1. The van der Waals surface area contributed by atoms with Crippen molar-refractivity contribution in [2.75, 3.05) is 32.8 Å². The zero-order valence-corrected chi connectivity index (χ0v) is 18.5. The van der Waals surface area contributed by atoms with Crippen molar-refractivity contribution in [2.24, 2.45) is 0 Å². The van der Waals surface area contributed by atoms with Crippen LogP contribution in [0.4, 0.5) is 4.79 Å². The number of nitrogens with zero attached hydrogens (tertiary/aromatic N) is 2. The Bertz CT molecular complexity index is 855. The fourth-order valence-electron chi connectivity index (χ4n) is 4.17. The average Bonchev–Trinajstić information content (AvgIpc) is 3.35. The van der Waals surface area contributed by atoms with Crippen LogP contribution in [0.2, 0.25) is 0 Å². The first-order chi connectivity index (χ1) is 14.7. The standard InChI is InChI=1S/C24H29N3O3.ClH/c28-23-22-12-7-16-26(22)24(29)27(23)15-5-4-13-25-14-17-30-21-11-6-10-20(18-21)19-8-2-1-3-9-19;/h1-3,6,8-11,18,22,25H,4-5,7,12-17H2;1H. The number of amides is 3. The van der Waals surface area contributed by atoms with E-state index in [0.717, 1.165) is 56.6 Å². The van der Waals surface area contributed by atoms with Crippen LogP contribution < -0.4 is 10.1 Å². The Morgan fingerprint density at radius 2 is 1.77 bits per heavy atom. The van der Waals surface area contributed by atoms with E-state index in [1.807, 2.05) is 30.3 Å². The van der Waals surface area contributed by atoms with E-state index in [9.17, 15) is 9.59 Å². The largest absolute Gasteiger partial charge is 0.492 e. The highest BCUT2D eigenvalue weighted by Gasteiger charge is 2.46. The predicted molar refractivity (Wildman–Crippen MR) is 124 cm³/mol. The second-order valence-corrected chi connectivity index (χ2v) is 7.82. The van der Waals surface area contributed by atoms with Gasteiger partial charge < -0.3 is 15.0 Å². The van der Waals surface area contributed by atoms with Gasteiger partial charge in [-0.3, -0.25) is 9.69 Å². The third-order valence-electron chi connectivity index (χ3n) is 5.75. The van der Waals surface area contributed by atoms with Crippen LogP contribution in [0.1, 0.15) is 25.7 Å². The Morgan fingerprint density at radius 3 is 2.58 bits per heavy atom. The van der Waals surface area contributed by atoms with Gasteiger partial charge in [-0.2, -0.15) is 0 Å². The second kappa shape index (κ2) is 11.2. The summed E-state index contributed by atoms with van der Waals surface area (Å²) < 4.78 is 5.86. The molecule has 0 aromatic heterocycles. The van der Waals surface area contributed by atoms with E-state index in [0.29, 0.717) is 13.2 Å². The lowest BCUT2D eigenvalue weighted by atomic mass is 10.1. The minimum absolute atomic E-state index is 0. The molecule has 2 aliphatic rings. The van der Waals surface area contributed by atoms with Gasteiger partial charge in [0.15, 0.2) is 0 Å². The van der Waals surface area contributed by atoms with Crippen LogP contribution in [-0.2, 0) is 4.79 Å². The van der Waals surface area contributed by atoms with Gasteiger partial charge in [-0.25, -0.2) is 4.79 Å². The molecule has 7 heteroatoms. The predicted octanol–water partition coefficient (Wildman–Crippen LogP) is 3.95. The van der Waals surface area contributed by atoms with Gasteiger partial charge in [0.25, 0.3) is 5.91 Å². The van der Waals surface area contributed by atoms with Gasteiger partial charge in [0.05, 0.1) is 0 Å². The maximum Gasteiger partial charge on any atom is 0.327 e. The Labute approximate surface area is 190 Å². The first-order valence-corrected chi connectivity index (χ1v) is 10.8. The van der Waals surface area contributed by atoms with E-state index in [1.54, 1.807) is 4.90 Å². The summed E-state index contributed by atoms with van der Waals surface area (Å²) in [6, 6.07) is 18.1. The van der Waals surface area contributed by atoms with Crippen molar-refractivity contribution in [2.45, 2.75) is 31.7 Å². The van der Waals surface area contributed by atoms with Gasteiger partial charge in [0.2, 0.25) is 0 Å². The Hall–Kier alpha value is -2.57. The van der Waals surface area contributed by atoms with Crippen molar-refractivity contribution in [3.63, 3.8) is 0 Å². The zero-order chi connectivity index (χ0) is 20.8. The Balaban J connectivity index is 0.00000272. The van der Waals surface area contributed by atoms with Gasteiger partial charge in [-0.1, -0.05) is 42.5 Å². The second-order valence-electron chi connectivity index (χ2n) is 7.82. The summed E-state index contributed by atoms with van der Waals surface area (Å²) in [5.74, 6) is 0.862. The van der Waals surface area contributed by atoms with Crippen molar-refractivity contribution < 1.29 is 14.3 Å². The highest BCUT2D eigenvalue weighted by atomic mass is 35.5. The molecule has 1 unspecified atom stereocenters. The summed E-state index contributed by atoms with van der Waals surface area (Å²) >= 11 is 0. The number of carbonyl (C=O) groups is 2. The zero-order valence-electron chi connectivity index (χ0n) is 17.7. The fraction of sp³-hybridized carbons (Fsp3) is 0.417. The highest BCUT2D eigenvalue weighted by Crippen LogP contribution is 2.27. The quantitative estimate of drug-likeness (QED) is 0.446. The molecule has 4 rings (SSSR count). The molecule has 166 valence electrons. The maximum absolute atomic E-state index is 12.3. The number of fused-ring (bicyclic) bond motifs is 1. The number of urea groups is 1. The molecule has 0 aliphatic carbocycles. The smallest absolute Gasteiger partial charge is 0.327 e. The van der Waals surface area contributed by atoms with E-state index in [4.69, 9.17) is 4.74 Å². The minimum atomic E-state index is -0.187. The molecule has 0 saturated carbocycles. The van der Waals surface area contributed by atoms with E-state index < -0.39 is 0 Å². The van der Waals surface area contributed by atoms with Crippen molar-refractivity contribution in [1.29, 1.82) is 0 Å².